The average molecular weight is 390 g/mol. The van der Waals surface area contributed by atoms with Gasteiger partial charge in [0, 0.05) is 29.1 Å². The summed E-state index contributed by atoms with van der Waals surface area (Å²) in [6.07, 6.45) is 1.91. The van der Waals surface area contributed by atoms with E-state index in [9.17, 15) is 0 Å². The highest BCUT2D eigenvalue weighted by Crippen LogP contribution is 2.24. The number of nitrogens with one attached hydrogen (secondary N) is 1. The molecule has 0 aliphatic rings. The maximum atomic E-state index is 4.97. The molecule has 0 spiro atoms. The molecule has 2 aromatic rings. The molecule has 0 unspecified atom stereocenters. The fourth-order valence-electron chi connectivity index (χ4n) is 1.55. The van der Waals surface area contributed by atoms with Gasteiger partial charge in [0.15, 0.2) is 0 Å². The van der Waals surface area contributed by atoms with Crippen LogP contribution >= 0.6 is 31.9 Å². The maximum Gasteiger partial charge on any atom is 0.0969 e. The third kappa shape index (κ3) is 4.10. The van der Waals surface area contributed by atoms with Crippen LogP contribution in [0.15, 0.2) is 33.3 Å². The lowest BCUT2D eigenvalue weighted by Crippen LogP contribution is -2.18. The van der Waals surface area contributed by atoms with E-state index in [0.29, 0.717) is 13.2 Å². The van der Waals surface area contributed by atoms with Crippen LogP contribution in [0.5, 0.6) is 0 Å². The Bertz CT molecular complexity index is 544. The van der Waals surface area contributed by atoms with Gasteiger partial charge in [-0.05, 0) is 34.1 Å². The molecule has 102 valence electrons. The van der Waals surface area contributed by atoms with E-state index < -0.39 is 0 Å². The Kier molecular flexibility index (Phi) is 5.50. The third-order valence-corrected chi connectivity index (χ3v) is 3.65. The van der Waals surface area contributed by atoms with Crippen LogP contribution in [0.3, 0.4) is 0 Å². The molecule has 5 nitrogen and oxygen atoms in total. The van der Waals surface area contributed by atoms with Crippen molar-refractivity contribution in [3.63, 3.8) is 0 Å². The molecule has 0 bridgehead atoms. The fraction of sp³-hybridized carbons (Fsp3) is 0.333. The summed E-state index contributed by atoms with van der Waals surface area (Å²) in [5.74, 6) is 0. The van der Waals surface area contributed by atoms with Gasteiger partial charge in [-0.1, -0.05) is 21.1 Å². The van der Waals surface area contributed by atoms with E-state index in [1.54, 1.807) is 11.8 Å². The van der Waals surface area contributed by atoms with Crippen molar-refractivity contribution in [1.82, 2.24) is 20.3 Å². The SMILES string of the molecule is COCCNCc1cn(-c2cc(Br)ccc2Br)nn1. The molecule has 0 radical (unpaired) electrons. The molecule has 2 rings (SSSR count). The predicted octanol–water partition coefficient (Wildman–Crippen LogP) is 2.53. The molecule has 0 amide bonds. The Morgan fingerprint density at radius 1 is 1.37 bits per heavy atom. The monoisotopic (exact) mass is 388 g/mol. The topological polar surface area (TPSA) is 52.0 Å². The summed E-state index contributed by atoms with van der Waals surface area (Å²) in [7, 11) is 1.68. The van der Waals surface area contributed by atoms with Crippen molar-refractivity contribution in [3.05, 3.63) is 39.0 Å². The number of methoxy groups -OCH3 is 1. The molecule has 0 aliphatic heterocycles. The van der Waals surface area contributed by atoms with E-state index in [4.69, 9.17) is 4.74 Å². The largest absolute Gasteiger partial charge is 0.383 e. The van der Waals surface area contributed by atoms with Gasteiger partial charge in [-0.3, -0.25) is 0 Å². The standard InChI is InChI=1S/C12H14Br2N4O/c1-19-5-4-15-7-10-8-18(17-16-10)12-6-9(13)2-3-11(12)14/h2-3,6,8,15H,4-5,7H2,1H3. The fourth-order valence-corrected chi connectivity index (χ4v) is 2.33. The zero-order valence-corrected chi connectivity index (χ0v) is 13.6. The number of benzene rings is 1. The van der Waals surface area contributed by atoms with Crippen LogP contribution in [0.1, 0.15) is 5.69 Å². The highest BCUT2D eigenvalue weighted by molar-refractivity contribution is 9.11. The van der Waals surface area contributed by atoms with Crippen LogP contribution in [0.25, 0.3) is 5.69 Å². The van der Waals surface area contributed by atoms with Gasteiger partial charge >= 0.3 is 0 Å². The smallest absolute Gasteiger partial charge is 0.0969 e. The lowest BCUT2D eigenvalue weighted by molar-refractivity contribution is 0.199. The Morgan fingerprint density at radius 3 is 3.00 bits per heavy atom. The Balaban J connectivity index is 2.06. The lowest BCUT2D eigenvalue weighted by Gasteiger charge is -2.03. The first kappa shape index (κ1) is 14.6. The second kappa shape index (κ2) is 7.14. The normalized spacial score (nSPS) is 10.9. The second-order valence-electron chi connectivity index (χ2n) is 3.92. The minimum atomic E-state index is 0.676. The predicted molar refractivity (Wildman–Crippen MR) is 80.3 cm³/mol. The van der Waals surface area contributed by atoms with E-state index >= 15 is 0 Å². The molecular weight excluding hydrogens is 376 g/mol. The molecule has 1 heterocycles. The van der Waals surface area contributed by atoms with Gasteiger partial charge in [-0.15, -0.1) is 5.10 Å². The molecule has 0 saturated heterocycles. The van der Waals surface area contributed by atoms with Crippen LogP contribution in [-0.2, 0) is 11.3 Å². The number of halogens is 2. The molecule has 7 heteroatoms. The summed E-state index contributed by atoms with van der Waals surface area (Å²) in [4.78, 5) is 0. The van der Waals surface area contributed by atoms with Crippen molar-refractivity contribution < 1.29 is 4.74 Å². The van der Waals surface area contributed by atoms with Crippen molar-refractivity contribution in [2.45, 2.75) is 6.54 Å². The highest BCUT2D eigenvalue weighted by atomic mass is 79.9. The van der Waals surface area contributed by atoms with Gasteiger partial charge in [0.1, 0.15) is 0 Å². The van der Waals surface area contributed by atoms with E-state index in [2.05, 4.69) is 47.5 Å². The molecule has 0 aliphatic carbocycles. The van der Waals surface area contributed by atoms with Gasteiger partial charge in [0.2, 0.25) is 0 Å². The van der Waals surface area contributed by atoms with Crippen LogP contribution in [0, 0.1) is 0 Å². The van der Waals surface area contributed by atoms with Crippen molar-refractivity contribution in [1.29, 1.82) is 0 Å². The minimum Gasteiger partial charge on any atom is -0.383 e. The molecule has 0 saturated carbocycles. The quantitative estimate of drug-likeness (QED) is 0.771. The van der Waals surface area contributed by atoms with E-state index in [0.717, 1.165) is 26.9 Å². The third-order valence-electron chi connectivity index (χ3n) is 2.48. The van der Waals surface area contributed by atoms with Crippen LogP contribution in [0.4, 0.5) is 0 Å². The average Bonchev–Trinajstić information content (AvgIpc) is 2.86. The number of rotatable bonds is 6. The first-order valence-corrected chi connectivity index (χ1v) is 7.35. The first-order valence-electron chi connectivity index (χ1n) is 5.77. The summed E-state index contributed by atoms with van der Waals surface area (Å²) in [5, 5.41) is 11.5. The summed E-state index contributed by atoms with van der Waals surface area (Å²) in [6, 6.07) is 5.93. The second-order valence-corrected chi connectivity index (χ2v) is 5.69. The first-order chi connectivity index (χ1) is 9.20. The molecule has 1 N–H and O–H groups in total. The van der Waals surface area contributed by atoms with Crippen molar-refractivity contribution in [3.8, 4) is 5.69 Å². The summed E-state index contributed by atoms with van der Waals surface area (Å²) in [5.41, 5.74) is 1.84. The highest BCUT2D eigenvalue weighted by Gasteiger charge is 2.06. The van der Waals surface area contributed by atoms with Crippen LogP contribution < -0.4 is 5.32 Å². The van der Waals surface area contributed by atoms with Crippen LogP contribution in [0.2, 0.25) is 0 Å². The lowest BCUT2D eigenvalue weighted by atomic mass is 10.3. The van der Waals surface area contributed by atoms with Gasteiger partial charge in [-0.2, -0.15) is 0 Å². The van der Waals surface area contributed by atoms with Gasteiger partial charge in [-0.25, -0.2) is 4.68 Å². The van der Waals surface area contributed by atoms with E-state index in [1.165, 1.54) is 0 Å². The summed E-state index contributed by atoms with van der Waals surface area (Å²) >= 11 is 6.96. The molecular formula is C12H14Br2N4O. The molecule has 1 aromatic carbocycles. The number of hydrogen-bond donors (Lipinski definition) is 1. The van der Waals surface area contributed by atoms with E-state index in [1.807, 2.05) is 24.4 Å². The van der Waals surface area contributed by atoms with Crippen molar-refractivity contribution >= 4 is 31.9 Å². The van der Waals surface area contributed by atoms with E-state index in [-0.39, 0.29) is 0 Å². The Labute approximate surface area is 128 Å². The number of aromatic nitrogens is 3. The molecule has 0 atom stereocenters. The molecule has 0 fully saturated rings. The minimum absolute atomic E-state index is 0.676. The number of ether oxygens (including phenoxy) is 1. The van der Waals surface area contributed by atoms with Crippen LogP contribution in [-0.4, -0.2) is 35.3 Å². The Hall–Kier alpha value is -0.760. The van der Waals surface area contributed by atoms with Gasteiger partial charge in [0.05, 0.1) is 24.2 Å². The Morgan fingerprint density at radius 2 is 2.21 bits per heavy atom. The van der Waals surface area contributed by atoms with Crippen molar-refractivity contribution in [2.75, 3.05) is 20.3 Å². The zero-order chi connectivity index (χ0) is 13.7. The molecule has 1 aromatic heterocycles. The van der Waals surface area contributed by atoms with Gasteiger partial charge in [0.25, 0.3) is 0 Å². The van der Waals surface area contributed by atoms with Crippen molar-refractivity contribution in [2.24, 2.45) is 0 Å². The molecule has 19 heavy (non-hydrogen) atoms. The summed E-state index contributed by atoms with van der Waals surface area (Å²) in [6.45, 7) is 2.16. The zero-order valence-electron chi connectivity index (χ0n) is 10.4. The number of nitrogens with zero attached hydrogens (tertiary/aromatic N) is 3. The maximum absolute atomic E-state index is 4.97. The number of hydrogen-bond acceptors (Lipinski definition) is 4. The van der Waals surface area contributed by atoms with Gasteiger partial charge < -0.3 is 10.1 Å². The summed E-state index contributed by atoms with van der Waals surface area (Å²) < 4.78 is 8.69.